The second kappa shape index (κ2) is 13.0. The number of para-hydroxylation sites is 4. The van der Waals surface area contributed by atoms with Gasteiger partial charge >= 0.3 is 0 Å². The van der Waals surface area contributed by atoms with Gasteiger partial charge in [-0.3, -0.25) is 0 Å². The number of nitrogens with zero attached hydrogens (tertiary/aromatic N) is 2. The van der Waals surface area contributed by atoms with E-state index in [1.807, 2.05) is 0 Å². The minimum atomic E-state index is 1.11. The highest BCUT2D eigenvalue weighted by Crippen LogP contribution is 2.37. The van der Waals surface area contributed by atoms with Crippen LogP contribution in [0.3, 0.4) is 0 Å². The van der Waals surface area contributed by atoms with Crippen LogP contribution in [0.4, 0.5) is 0 Å². The fourth-order valence-electron chi connectivity index (χ4n) is 7.53. The second-order valence-corrected chi connectivity index (χ2v) is 12.9. The van der Waals surface area contributed by atoms with Crippen molar-refractivity contribution in [3.8, 4) is 11.4 Å². The molecule has 2 aromatic heterocycles. The molecule has 7 aromatic carbocycles. The van der Waals surface area contributed by atoms with Crippen molar-refractivity contribution < 1.29 is 0 Å². The lowest BCUT2D eigenvalue weighted by Gasteiger charge is -2.17. The number of fused-ring (bicyclic) bond motifs is 6. The predicted molar refractivity (Wildman–Crippen MR) is 219 cm³/mol. The van der Waals surface area contributed by atoms with Gasteiger partial charge in [0.25, 0.3) is 0 Å². The minimum Gasteiger partial charge on any atom is -0.309 e. The molecule has 0 fully saturated rings. The van der Waals surface area contributed by atoms with E-state index in [1.54, 1.807) is 0 Å². The Morgan fingerprint density at radius 3 is 1.27 bits per heavy atom. The zero-order valence-corrected chi connectivity index (χ0v) is 28.4. The molecular weight excluding hydrogens is 617 g/mol. The van der Waals surface area contributed by atoms with Crippen molar-refractivity contribution in [3.63, 3.8) is 0 Å². The van der Waals surface area contributed by atoms with Gasteiger partial charge < -0.3 is 9.13 Å². The normalized spacial score (nSPS) is 12.6. The summed E-state index contributed by atoms with van der Waals surface area (Å²) in [6.07, 6.45) is 9.02. The van der Waals surface area contributed by atoms with E-state index < -0.39 is 0 Å². The first kappa shape index (κ1) is 30.4. The smallest absolute Gasteiger partial charge is 0.0541 e. The molecule has 0 unspecified atom stereocenters. The molecule has 0 N–H and O–H groups in total. The summed E-state index contributed by atoms with van der Waals surface area (Å²) >= 11 is 0. The Bertz CT molecular complexity index is 2550. The van der Waals surface area contributed by atoms with Crippen LogP contribution in [0.5, 0.6) is 0 Å². The molecule has 0 aliphatic carbocycles. The third-order valence-electron chi connectivity index (χ3n) is 9.90. The minimum absolute atomic E-state index is 1.11. The number of benzene rings is 7. The number of allylic oxidation sites excluding steroid dienone is 5. The van der Waals surface area contributed by atoms with Crippen molar-refractivity contribution in [1.29, 1.82) is 0 Å². The zero-order chi connectivity index (χ0) is 34.1. The van der Waals surface area contributed by atoms with Crippen molar-refractivity contribution in [2.24, 2.45) is 0 Å². The maximum absolute atomic E-state index is 2.43. The number of aromatic nitrogens is 2. The van der Waals surface area contributed by atoms with Crippen LogP contribution in [-0.2, 0) is 0 Å². The first-order chi connectivity index (χ1) is 25.3. The van der Waals surface area contributed by atoms with Crippen LogP contribution >= 0.6 is 0 Å². The molecule has 51 heavy (non-hydrogen) atoms. The van der Waals surface area contributed by atoms with Crippen molar-refractivity contribution in [3.05, 3.63) is 211 Å². The molecule has 0 bridgehead atoms. The molecule has 2 nitrogen and oxygen atoms in total. The highest BCUT2D eigenvalue weighted by Gasteiger charge is 2.17. The van der Waals surface area contributed by atoms with Crippen molar-refractivity contribution in [2.45, 2.75) is 6.92 Å². The van der Waals surface area contributed by atoms with Gasteiger partial charge in [0, 0.05) is 32.9 Å². The monoisotopic (exact) mass is 652 g/mol. The second-order valence-electron chi connectivity index (χ2n) is 12.9. The summed E-state index contributed by atoms with van der Waals surface area (Å²) in [5, 5.41) is 4.99. The van der Waals surface area contributed by atoms with E-state index in [4.69, 9.17) is 0 Å². The summed E-state index contributed by atoms with van der Waals surface area (Å²) in [5.74, 6) is 0. The van der Waals surface area contributed by atoms with Crippen LogP contribution < -0.4 is 0 Å². The highest BCUT2D eigenvalue weighted by atomic mass is 15.0. The van der Waals surface area contributed by atoms with E-state index in [0.717, 1.165) is 28.1 Å². The largest absolute Gasteiger partial charge is 0.309 e. The predicted octanol–water partition coefficient (Wildman–Crippen LogP) is 13.1. The van der Waals surface area contributed by atoms with E-state index in [-0.39, 0.29) is 0 Å². The molecule has 0 spiro atoms. The standard InChI is InChI=1S/C49H36N2/c1-2-36(37-19-7-4-8-20-37)31-38(30-29-35-17-5-3-6-18-35)39-32-40(50-46-25-13-9-21-42(46)43-22-10-14-26-47(43)50)34-41(33-39)51-48-27-15-11-23-44(48)45-24-12-16-28-49(45)51/h2-34H,1H3/b30-29+,36-2+,38-31+. The van der Waals surface area contributed by atoms with Crippen LogP contribution in [0.2, 0.25) is 0 Å². The molecule has 9 aromatic rings. The van der Waals surface area contributed by atoms with E-state index in [9.17, 15) is 0 Å². The van der Waals surface area contributed by atoms with Gasteiger partial charge in [-0.05, 0) is 83.3 Å². The highest BCUT2D eigenvalue weighted by molar-refractivity contribution is 6.10. The number of rotatable bonds is 7. The average Bonchev–Trinajstić information content (AvgIpc) is 3.72. The van der Waals surface area contributed by atoms with Gasteiger partial charge in [-0.2, -0.15) is 0 Å². The Morgan fingerprint density at radius 2 is 0.824 bits per heavy atom. The fraction of sp³-hybridized carbons (Fsp3) is 0.0204. The summed E-state index contributed by atoms with van der Waals surface area (Å²) in [6.45, 7) is 2.12. The summed E-state index contributed by atoms with van der Waals surface area (Å²) in [4.78, 5) is 0. The Labute approximate surface area is 298 Å². The Balaban J connectivity index is 1.37. The van der Waals surface area contributed by atoms with Gasteiger partial charge in [0.05, 0.1) is 22.1 Å². The molecule has 0 atom stereocenters. The topological polar surface area (TPSA) is 9.86 Å². The van der Waals surface area contributed by atoms with E-state index in [0.29, 0.717) is 0 Å². The van der Waals surface area contributed by atoms with Crippen molar-refractivity contribution in [1.82, 2.24) is 9.13 Å². The molecule has 2 heterocycles. The lowest BCUT2D eigenvalue weighted by Crippen LogP contribution is -2.01. The molecule has 0 saturated heterocycles. The molecule has 0 amide bonds. The summed E-state index contributed by atoms with van der Waals surface area (Å²) in [7, 11) is 0. The number of hydrogen-bond donors (Lipinski definition) is 0. The third kappa shape index (κ3) is 5.48. The van der Waals surface area contributed by atoms with Crippen LogP contribution in [0.1, 0.15) is 23.6 Å². The Hall–Kier alpha value is -6.64. The van der Waals surface area contributed by atoms with Gasteiger partial charge in [-0.15, -0.1) is 0 Å². The average molecular weight is 653 g/mol. The van der Waals surface area contributed by atoms with E-state index in [1.165, 1.54) is 54.7 Å². The van der Waals surface area contributed by atoms with Crippen LogP contribution in [0.15, 0.2) is 194 Å². The first-order valence-corrected chi connectivity index (χ1v) is 17.6. The van der Waals surface area contributed by atoms with Gasteiger partial charge in [0.1, 0.15) is 0 Å². The quantitative estimate of drug-likeness (QED) is 0.152. The SMILES string of the molecule is C\C=C(/C=C(\C=C\c1ccccc1)c1cc(-n2c3ccccc3c3ccccc32)cc(-n2c3ccccc3c3ccccc32)c1)c1ccccc1. The van der Waals surface area contributed by atoms with Crippen molar-refractivity contribution >= 4 is 60.8 Å². The molecule has 0 aliphatic rings. The fourth-order valence-corrected chi connectivity index (χ4v) is 7.53. The molecule has 9 rings (SSSR count). The van der Waals surface area contributed by atoms with Crippen molar-refractivity contribution in [2.75, 3.05) is 0 Å². The maximum Gasteiger partial charge on any atom is 0.0541 e. The van der Waals surface area contributed by atoms with Crippen LogP contribution in [-0.4, -0.2) is 9.13 Å². The first-order valence-electron chi connectivity index (χ1n) is 17.6. The Morgan fingerprint density at radius 1 is 0.412 bits per heavy atom. The lowest BCUT2D eigenvalue weighted by molar-refractivity contribution is 1.13. The molecule has 2 heteroatoms. The van der Waals surface area contributed by atoms with Crippen LogP contribution in [0.25, 0.3) is 72.2 Å². The lowest BCUT2D eigenvalue weighted by atomic mass is 9.96. The third-order valence-corrected chi connectivity index (χ3v) is 9.90. The van der Waals surface area contributed by atoms with Gasteiger partial charge in [0.2, 0.25) is 0 Å². The molecule has 0 saturated carbocycles. The Kier molecular flexibility index (Phi) is 7.75. The molecule has 0 aliphatic heterocycles. The molecular formula is C49H36N2. The van der Waals surface area contributed by atoms with Crippen LogP contribution in [0, 0.1) is 0 Å². The van der Waals surface area contributed by atoms with Gasteiger partial charge in [-0.1, -0.05) is 152 Å². The zero-order valence-electron chi connectivity index (χ0n) is 28.4. The van der Waals surface area contributed by atoms with E-state index in [2.05, 4.69) is 216 Å². The molecule has 0 radical (unpaired) electrons. The summed E-state index contributed by atoms with van der Waals surface area (Å²) in [6, 6.07) is 63.3. The van der Waals surface area contributed by atoms with Gasteiger partial charge in [-0.25, -0.2) is 0 Å². The summed E-state index contributed by atoms with van der Waals surface area (Å²) < 4.78 is 4.86. The number of hydrogen-bond acceptors (Lipinski definition) is 0. The van der Waals surface area contributed by atoms with Gasteiger partial charge in [0.15, 0.2) is 0 Å². The summed E-state index contributed by atoms with van der Waals surface area (Å²) in [5.41, 5.74) is 12.8. The van der Waals surface area contributed by atoms with E-state index >= 15 is 0 Å². The molecule has 242 valence electrons. The maximum atomic E-state index is 2.43.